The number of carbonyl (C=O) groups is 2. The van der Waals surface area contributed by atoms with Crippen LogP contribution in [0.2, 0.25) is 0 Å². The fraction of sp³-hybridized carbons (Fsp3) is 0.467. The molecule has 0 unspecified atom stereocenters. The molecule has 0 aromatic heterocycles. The van der Waals surface area contributed by atoms with Crippen LogP contribution in [-0.2, 0) is 17.9 Å². The molecule has 0 saturated carbocycles. The minimum absolute atomic E-state index is 0.0921. The Kier molecular flexibility index (Phi) is 3.56. The molecule has 108 valence electrons. The maximum Gasteiger partial charge on any atom is 0.335 e. The third kappa shape index (κ3) is 2.67. The molecule has 0 fully saturated rings. The van der Waals surface area contributed by atoms with E-state index in [2.05, 4.69) is 0 Å². The van der Waals surface area contributed by atoms with E-state index in [1.807, 2.05) is 20.8 Å². The highest BCUT2D eigenvalue weighted by Crippen LogP contribution is 2.27. The van der Waals surface area contributed by atoms with E-state index in [1.165, 1.54) is 0 Å². The standard InChI is InChI=1S/C15H20N2O3/c1-15(2,3)12(16)13(18)17-7-10-5-4-9(14(19)20)6-11(10)8-17/h4-6,12H,7-8,16H2,1-3H3,(H,19,20)/t12-/m1/s1. The summed E-state index contributed by atoms with van der Waals surface area (Å²) in [5.74, 6) is -1.05. The second-order valence-corrected chi connectivity index (χ2v) is 6.33. The molecule has 1 aromatic carbocycles. The molecule has 5 heteroatoms. The van der Waals surface area contributed by atoms with Gasteiger partial charge in [-0.05, 0) is 28.7 Å². The summed E-state index contributed by atoms with van der Waals surface area (Å²) in [5.41, 5.74) is 7.84. The number of hydrogen-bond acceptors (Lipinski definition) is 3. The summed E-state index contributed by atoms with van der Waals surface area (Å²) in [4.78, 5) is 25.0. The molecule has 0 radical (unpaired) electrons. The van der Waals surface area contributed by atoms with Crippen molar-refractivity contribution in [1.29, 1.82) is 0 Å². The lowest BCUT2D eigenvalue weighted by atomic mass is 9.86. The van der Waals surface area contributed by atoms with E-state index >= 15 is 0 Å². The van der Waals surface area contributed by atoms with Gasteiger partial charge in [-0.1, -0.05) is 26.8 Å². The lowest BCUT2D eigenvalue weighted by Crippen LogP contribution is -2.48. The van der Waals surface area contributed by atoms with Crippen LogP contribution in [0.25, 0.3) is 0 Å². The Bertz CT molecular complexity index is 561. The minimum atomic E-state index is -0.955. The summed E-state index contributed by atoms with van der Waals surface area (Å²) in [6.07, 6.45) is 0. The van der Waals surface area contributed by atoms with E-state index in [-0.39, 0.29) is 16.9 Å². The second-order valence-electron chi connectivity index (χ2n) is 6.33. The molecule has 0 aliphatic carbocycles. The van der Waals surface area contributed by atoms with E-state index in [9.17, 15) is 9.59 Å². The van der Waals surface area contributed by atoms with Crippen LogP contribution in [0.5, 0.6) is 0 Å². The van der Waals surface area contributed by atoms with E-state index in [0.29, 0.717) is 13.1 Å². The summed E-state index contributed by atoms with van der Waals surface area (Å²) in [6.45, 7) is 6.72. The average Bonchev–Trinajstić information content (AvgIpc) is 2.78. The lowest BCUT2D eigenvalue weighted by molar-refractivity contribution is -0.135. The van der Waals surface area contributed by atoms with Crippen molar-refractivity contribution in [3.8, 4) is 0 Å². The molecule has 1 heterocycles. The van der Waals surface area contributed by atoms with Crippen molar-refractivity contribution in [2.75, 3.05) is 0 Å². The smallest absolute Gasteiger partial charge is 0.335 e. The average molecular weight is 276 g/mol. The van der Waals surface area contributed by atoms with Crippen LogP contribution in [-0.4, -0.2) is 27.9 Å². The molecule has 1 amide bonds. The van der Waals surface area contributed by atoms with Crippen LogP contribution in [0.4, 0.5) is 0 Å². The zero-order valence-corrected chi connectivity index (χ0v) is 12.0. The van der Waals surface area contributed by atoms with E-state index < -0.39 is 12.0 Å². The van der Waals surface area contributed by atoms with Gasteiger partial charge in [-0.3, -0.25) is 4.79 Å². The normalized spacial score (nSPS) is 15.9. The van der Waals surface area contributed by atoms with Gasteiger partial charge >= 0.3 is 5.97 Å². The Labute approximate surface area is 118 Å². The van der Waals surface area contributed by atoms with Crippen molar-refractivity contribution < 1.29 is 14.7 Å². The molecule has 1 aromatic rings. The van der Waals surface area contributed by atoms with Gasteiger partial charge in [-0.15, -0.1) is 0 Å². The summed E-state index contributed by atoms with van der Waals surface area (Å²) in [7, 11) is 0. The molecule has 0 bridgehead atoms. The van der Waals surface area contributed by atoms with Crippen molar-refractivity contribution in [3.63, 3.8) is 0 Å². The maximum absolute atomic E-state index is 12.4. The van der Waals surface area contributed by atoms with Crippen LogP contribution < -0.4 is 5.73 Å². The summed E-state index contributed by atoms with van der Waals surface area (Å²) in [5, 5.41) is 8.99. The third-order valence-electron chi connectivity index (χ3n) is 3.69. The van der Waals surface area contributed by atoms with Gasteiger partial charge in [0, 0.05) is 13.1 Å². The molecule has 2 rings (SSSR count). The first-order chi connectivity index (χ1) is 9.20. The van der Waals surface area contributed by atoms with E-state index in [4.69, 9.17) is 10.8 Å². The van der Waals surface area contributed by atoms with E-state index in [1.54, 1.807) is 23.1 Å². The number of carboxylic acids is 1. The van der Waals surface area contributed by atoms with Gasteiger partial charge < -0.3 is 15.7 Å². The zero-order chi connectivity index (χ0) is 15.1. The second kappa shape index (κ2) is 4.90. The monoisotopic (exact) mass is 276 g/mol. The highest BCUT2D eigenvalue weighted by molar-refractivity contribution is 5.88. The van der Waals surface area contributed by atoms with Crippen molar-refractivity contribution in [3.05, 3.63) is 34.9 Å². The predicted molar refractivity (Wildman–Crippen MR) is 75.1 cm³/mol. The Morgan fingerprint density at radius 2 is 1.85 bits per heavy atom. The highest BCUT2D eigenvalue weighted by Gasteiger charge is 2.33. The summed E-state index contributed by atoms with van der Waals surface area (Å²) < 4.78 is 0. The van der Waals surface area contributed by atoms with Gasteiger partial charge in [-0.25, -0.2) is 4.79 Å². The molecule has 0 spiro atoms. The maximum atomic E-state index is 12.4. The Hall–Kier alpha value is -1.88. The molecule has 1 aliphatic rings. The van der Waals surface area contributed by atoms with Gasteiger partial charge in [0.2, 0.25) is 5.91 Å². The van der Waals surface area contributed by atoms with Gasteiger partial charge in [-0.2, -0.15) is 0 Å². The van der Waals surface area contributed by atoms with Crippen LogP contribution in [0.3, 0.4) is 0 Å². The number of fused-ring (bicyclic) bond motifs is 1. The first kappa shape index (κ1) is 14.5. The number of benzene rings is 1. The van der Waals surface area contributed by atoms with Crippen molar-refractivity contribution in [1.82, 2.24) is 4.90 Å². The fourth-order valence-corrected chi connectivity index (χ4v) is 2.25. The number of aromatic carboxylic acids is 1. The van der Waals surface area contributed by atoms with E-state index in [0.717, 1.165) is 11.1 Å². The van der Waals surface area contributed by atoms with Crippen LogP contribution in [0.15, 0.2) is 18.2 Å². The molecule has 0 saturated heterocycles. The van der Waals surface area contributed by atoms with Gasteiger partial charge in [0.1, 0.15) is 0 Å². The molecule has 5 nitrogen and oxygen atoms in total. The lowest BCUT2D eigenvalue weighted by Gasteiger charge is -2.29. The van der Waals surface area contributed by atoms with Crippen molar-refractivity contribution >= 4 is 11.9 Å². The van der Waals surface area contributed by atoms with Gasteiger partial charge in [0.05, 0.1) is 11.6 Å². The Balaban J connectivity index is 2.17. The van der Waals surface area contributed by atoms with Crippen LogP contribution in [0.1, 0.15) is 42.3 Å². The van der Waals surface area contributed by atoms with Gasteiger partial charge in [0.25, 0.3) is 0 Å². The Morgan fingerprint density at radius 3 is 2.40 bits per heavy atom. The van der Waals surface area contributed by atoms with Gasteiger partial charge in [0.15, 0.2) is 0 Å². The third-order valence-corrected chi connectivity index (χ3v) is 3.69. The highest BCUT2D eigenvalue weighted by atomic mass is 16.4. The minimum Gasteiger partial charge on any atom is -0.478 e. The fourth-order valence-electron chi connectivity index (χ4n) is 2.25. The molecule has 3 N–H and O–H groups in total. The number of amides is 1. The quantitative estimate of drug-likeness (QED) is 0.859. The molecule has 1 aliphatic heterocycles. The molecule has 1 atom stereocenters. The topological polar surface area (TPSA) is 83.6 Å². The molecule has 20 heavy (non-hydrogen) atoms. The Morgan fingerprint density at radius 1 is 1.25 bits per heavy atom. The predicted octanol–water partition coefficient (Wildman–Crippen LogP) is 1.60. The summed E-state index contributed by atoms with van der Waals surface area (Å²) in [6, 6.07) is 4.41. The molecular formula is C15H20N2O3. The number of hydrogen-bond donors (Lipinski definition) is 2. The SMILES string of the molecule is CC(C)(C)[C@H](N)C(=O)N1Cc2ccc(C(=O)O)cc2C1. The van der Waals surface area contributed by atoms with Crippen molar-refractivity contribution in [2.24, 2.45) is 11.1 Å². The number of rotatable bonds is 2. The molecular weight excluding hydrogens is 256 g/mol. The summed E-state index contributed by atoms with van der Waals surface area (Å²) >= 11 is 0. The first-order valence-corrected chi connectivity index (χ1v) is 6.59. The van der Waals surface area contributed by atoms with Crippen LogP contribution in [0, 0.1) is 5.41 Å². The zero-order valence-electron chi connectivity index (χ0n) is 12.0. The largest absolute Gasteiger partial charge is 0.478 e. The van der Waals surface area contributed by atoms with Crippen molar-refractivity contribution in [2.45, 2.75) is 39.9 Å². The number of nitrogens with two attached hydrogens (primary N) is 1. The number of carbonyl (C=O) groups excluding carboxylic acids is 1. The number of carboxylic acid groups (broad SMARTS) is 1. The number of nitrogens with zero attached hydrogens (tertiary/aromatic N) is 1. The first-order valence-electron chi connectivity index (χ1n) is 6.59. The van der Waals surface area contributed by atoms with Crippen LogP contribution >= 0.6 is 0 Å².